The molecule has 1 aromatic rings. The van der Waals surface area contributed by atoms with Crippen LogP contribution in [0.5, 0.6) is 0 Å². The van der Waals surface area contributed by atoms with Gasteiger partial charge in [0.1, 0.15) is 6.54 Å². The molecule has 0 spiro atoms. The molecule has 5 heteroatoms. The summed E-state index contributed by atoms with van der Waals surface area (Å²) in [5, 5.41) is 4.20. The Balaban J connectivity index is 2.07. The normalized spacial score (nSPS) is 17.1. The predicted molar refractivity (Wildman–Crippen MR) is 57.2 cm³/mol. The van der Waals surface area contributed by atoms with Gasteiger partial charge in [0.2, 0.25) is 0 Å². The van der Waals surface area contributed by atoms with Crippen molar-refractivity contribution in [2.75, 3.05) is 0 Å². The van der Waals surface area contributed by atoms with Crippen molar-refractivity contribution in [2.24, 2.45) is 0 Å². The molecule has 0 bridgehead atoms. The van der Waals surface area contributed by atoms with Crippen molar-refractivity contribution in [1.82, 2.24) is 14.7 Å². The minimum Gasteiger partial charge on any atom is -0.291 e. The van der Waals surface area contributed by atoms with Crippen molar-refractivity contribution in [3.63, 3.8) is 0 Å². The molecular formula is C11H17F2N3. The minimum atomic E-state index is -2.70. The van der Waals surface area contributed by atoms with Crippen LogP contribution in [0.3, 0.4) is 0 Å². The first-order valence-electron chi connectivity index (χ1n) is 5.52. The number of fused-ring (bicyclic) bond motifs is 1. The van der Waals surface area contributed by atoms with Crippen LogP contribution in [0, 0.1) is 0 Å². The van der Waals surface area contributed by atoms with Crippen LogP contribution in [0.15, 0.2) is 6.20 Å². The van der Waals surface area contributed by atoms with Crippen LogP contribution in [-0.2, 0) is 19.6 Å². The van der Waals surface area contributed by atoms with Gasteiger partial charge in [-0.05, 0) is 13.8 Å². The molecule has 1 aliphatic rings. The molecule has 0 aliphatic carbocycles. The van der Waals surface area contributed by atoms with Gasteiger partial charge in [-0.1, -0.05) is 0 Å². The topological polar surface area (TPSA) is 21.1 Å². The highest BCUT2D eigenvalue weighted by Gasteiger charge is 2.27. The lowest BCUT2D eigenvalue weighted by Crippen LogP contribution is -2.26. The van der Waals surface area contributed by atoms with E-state index in [0.717, 1.165) is 31.3 Å². The van der Waals surface area contributed by atoms with E-state index in [4.69, 9.17) is 0 Å². The summed E-state index contributed by atoms with van der Waals surface area (Å²) in [5.74, 6) is -2.70. The van der Waals surface area contributed by atoms with E-state index in [1.807, 2.05) is 0 Å². The maximum absolute atomic E-state index is 12.8. The maximum Gasteiger partial charge on any atom is 0.264 e. The summed E-state index contributed by atoms with van der Waals surface area (Å²) in [5.41, 5.74) is 2.02. The molecule has 1 aliphatic heterocycles. The fourth-order valence-corrected chi connectivity index (χ4v) is 1.97. The molecule has 0 atom stereocenters. The third-order valence-corrected chi connectivity index (χ3v) is 2.82. The zero-order chi connectivity index (χ0) is 11.9. The lowest BCUT2D eigenvalue weighted by molar-refractivity contribution is 0.000298. The van der Waals surface area contributed by atoms with Crippen LogP contribution < -0.4 is 0 Å². The summed E-state index contributed by atoms with van der Waals surface area (Å²) in [7, 11) is 0. The summed E-state index contributed by atoms with van der Waals surface area (Å²) in [6.07, 6.45) is 1.75. The Labute approximate surface area is 94.0 Å². The molecule has 0 N–H and O–H groups in total. The van der Waals surface area contributed by atoms with Crippen LogP contribution in [0.4, 0.5) is 8.78 Å². The second kappa shape index (κ2) is 3.80. The number of aromatic nitrogens is 2. The summed E-state index contributed by atoms with van der Waals surface area (Å²) in [6, 6.07) is 0.468. The Kier molecular flexibility index (Phi) is 2.74. The van der Waals surface area contributed by atoms with Crippen molar-refractivity contribution >= 4 is 0 Å². The van der Waals surface area contributed by atoms with E-state index in [2.05, 4.69) is 23.8 Å². The highest BCUT2D eigenvalue weighted by atomic mass is 19.3. The van der Waals surface area contributed by atoms with Gasteiger partial charge < -0.3 is 0 Å². The third-order valence-electron chi connectivity index (χ3n) is 2.82. The molecule has 16 heavy (non-hydrogen) atoms. The van der Waals surface area contributed by atoms with Crippen molar-refractivity contribution < 1.29 is 8.78 Å². The van der Waals surface area contributed by atoms with Crippen LogP contribution in [0.2, 0.25) is 0 Å². The lowest BCUT2D eigenvalue weighted by atomic mass is 10.3. The number of halogens is 2. The quantitative estimate of drug-likeness (QED) is 0.792. The summed E-state index contributed by atoms with van der Waals surface area (Å²) >= 11 is 0. The van der Waals surface area contributed by atoms with Gasteiger partial charge in [-0.15, -0.1) is 0 Å². The van der Waals surface area contributed by atoms with Gasteiger partial charge in [0.05, 0.1) is 5.69 Å². The van der Waals surface area contributed by atoms with Crippen molar-refractivity contribution in [2.45, 2.75) is 52.4 Å². The Morgan fingerprint density at radius 3 is 2.62 bits per heavy atom. The molecule has 2 rings (SSSR count). The van der Waals surface area contributed by atoms with Gasteiger partial charge in [-0.2, -0.15) is 5.10 Å². The Morgan fingerprint density at radius 1 is 1.44 bits per heavy atom. The van der Waals surface area contributed by atoms with Gasteiger partial charge >= 0.3 is 0 Å². The second-order valence-corrected chi connectivity index (χ2v) is 4.87. The Bertz CT molecular complexity index is 356. The molecule has 0 fully saturated rings. The summed E-state index contributed by atoms with van der Waals surface area (Å²) in [4.78, 5) is 2.27. The smallest absolute Gasteiger partial charge is 0.264 e. The van der Waals surface area contributed by atoms with Gasteiger partial charge in [-0.3, -0.25) is 9.58 Å². The van der Waals surface area contributed by atoms with Crippen molar-refractivity contribution in [3.8, 4) is 0 Å². The van der Waals surface area contributed by atoms with Gasteiger partial charge in [0.15, 0.2) is 0 Å². The molecule has 90 valence electrons. The van der Waals surface area contributed by atoms with Crippen LogP contribution in [0.1, 0.15) is 32.0 Å². The molecule has 1 aromatic heterocycles. The summed E-state index contributed by atoms with van der Waals surface area (Å²) < 4.78 is 27.0. The van der Waals surface area contributed by atoms with E-state index in [1.54, 1.807) is 6.20 Å². The molecule has 0 aromatic carbocycles. The molecule has 2 heterocycles. The fraction of sp³-hybridized carbons (Fsp3) is 0.727. The van der Waals surface area contributed by atoms with Gasteiger partial charge in [0.25, 0.3) is 5.92 Å². The zero-order valence-corrected chi connectivity index (χ0v) is 9.87. The molecule has 0 amide bonds. The third kappa shape index (κ3) is 2.40. The molecular weight excluding hydrogens is 212 g/mol. The molecule has 0 radical (unpaired) electrons. The number of alkyl halides is 2. The molecule has 0 saturated heterocycles. The van der Waals surface area contributed by atoms with E-state index < -0.39 is 5.92 Å². The number of nitrogens with zero attached hydrogens (tertiary/aromatic N) is 3. The highest BCUT2D eigenvalue weighted by molar-refractivity contribution is 5.21. The van der Waals surface area contributed by atoms with E-state index in [0.29, 0.717) is 6.04 Å². The average Bonchev–Trinajstić information content (AvgIpc) is 2.56. The maximum atomic E-state index is 12.8. The van der Waals surface area contributed by atoms with Crippen molar-refractivity contribution in [3.05, 3.63) is 17.5 Å². The zero-order valence-electron chi connectivity index (χ0n) is 9.87. The fourth-order valence-electron chi connectivity index (χ4n) is 1.97. The minimum absolute atomic E-state index is 0.332. The van der Waals surface area contributed by atoms with E-state index in [1.165, 1.54) is 4.68 Å². The Hall–Kier alpha value is -0.970. The molecule has 0 saturated carbocycles. The van der Waals surface area contributed by atoms with E-state index in [-0.39, 0.29) is 6.54 Å². The lowest BCUT2D eigenvalue weighted by Gasteiger charge is -2.19. The van der Waals surface area contributed by atoms with Gasteiger partial charge in [-0.25, -0.2) is 8.78 Å². The van der Waals surface area contributed by atoms with E-state index in [9.17, 15) is 8.78 Å². The number of hydrogen-bond acceptors (Lipinski definition) is 2. The Morgan fingerprint density at radius 2 is 2.12 bits per heavy atom. The van der Waals surface area contributed by atoms with Crippen LogP contribution >= 0.6 is 0 Å². The molecule has 0 unspecified atom stereocenters. The van der Waals surface area contributed by atoms with E-state index >= 15 is 0 Å². The van der Waals surface area contributed by atoms with Gasteiger partial charge in [0, 0.05) is 37.8 Å². The first-order chi connectivity index (χ1) is 7.35. The first-order valence-corrected chi connectivity index (χ1v) is 5.52. The standard InChI is InChI=1S/C11H17F2N3/c1-8(2)15-4-9-5-16(7-11(3,12)13)14-10(9)6-15/h5,8H,4,6-7H2,1-3H3. The second-order valence-electron chi connectivity index (χ2n) is 4.87. The largest absolute Gasteiger partial charge is 0.291 e. The average molecular weight is 229 g/mol. The predicted octanol–water partition coefficient (Wildman–Crippen LogP) is 2.26. The number of rotatable bonds is 3. The first kappa shape index (κ1) is 11.5. The van der Waals surface area contributed by atoms with Crippen molar-refractivity contribution in [1.29, 1.82) is 0 Å². The monoisotopic (exact) mass is 229 g/mol. The highest BCUT2D eigenvalue weighted by Crippen LogP contribution is 2.24. The SMILES string of the molecule is CC(C)N1Cc2cn(CC(C)(F)F)nc2C1. The van der Waals surface area contributed by atoms with Crippen LogP contribution in [0.25, 0.3) is 0 Å². The molecule has 3 nitrogen and oxygen atoms in total. The summed E-state index contributed by atoms with van der Waals surface area (Å²) in [6.45, 7) is 6.43. The van der Waals surface area contributed by atoms with Crippen LogP contribution in [-0.4, -0.2) is 26.6 Å². The number of hydrogen-bond donors (Lipinski definition) is 0.